The summed E-state index contributed by atoms with van der Waals surface area (Å²) >= 11 is 1.97. The predicted octanol–water partition coefficient (Wildman–Crippen LogP) is 3.82. The number of hydrogen-bond donors (Lipinski definition) is 1. The van der Waals surface area contributed by atoms with Gasteiger partial charge in [0.15, 0.2) is 5.17 Å². The van der Waals surface area contributed by atoms with Crippen molar-refractivity contribution in [3.8, 4) is 0 Å². The number of thioether (sulfide) groups is 1. The van der Waals surface area contributed by atoms with Gasteiger partial charge in [0.05, 0.1) is 6.54 Å². The van der Waals surface area contributed by atoms with Gasteiger partial charge >= 0.3 is 0 Å². The van der Waals surface area contributed by atoms with Crippen LogP contribution in [0.5, 0.6) is 0 Å². The van der Waals surface area contributed by atoms with E-state index >= 15 is 0 Å². The fourth-order valence-electron chi connectivity index (χ4n) is 2.92. The van der Waals surface area contributed by atoms with Crippen molar-refractivity contribution in [1.82, 2.24) is 5.32 Å². The Morgan fingerprint density at radius 3 is 2.82 bits per heavy atom. The molecule has 1 fully saturated rings. The number of nitrogens with zero attached hydrogens (tertiary/aromatic N) is 1. The molecule has 1 heterocycles. The lowest BCUT2D eigenvalue weighted by molar-refractivity contribution is 0.302. The molecule has 2 unspecified atom stereocenters. The molecule has 0 radical (unpaired) electrons. The topological polar surface area (TPSA) is 24.4 Å². The Labute approximate surface area is 110 Å². The Morgan fingerprint density at radius 2 is 2.12 bits per heavy atom. The molecule has 3 heteroatoms. The molecule has 0 amide bonds. The van der Waals surface area contributed by atoms with Crippen LogP contribution in [0.1, 0.15) is 58.8 Å². The molecule has 2 atom stereocenters. The van der Waals surface area contributed by atoms with Crippen LogP contribution in [0.2, 0.25) is 0 Å². The largest absolute Gasteiger partial charge is 0.362 e. The Hall–Kier alpha value is -0.180. The minimum absolute atomic E-state index is 0.613. The zero-order chi connectivity index (χ0) is 12.1. The average Bonchev–Trinajstić information content (AvgIpc) is 2.78. The van der Waals surface area contributed by atoms with Gasteiger partial charge in [-0.25, -0.2) is 0 Å². The van der Waals surface area contributed by atoms with Crippen LogP contribution in [0, 0.1) is 5.92 Å². The van der Waals surface area contributed by atoms with Gasteiger partial charge in [-0.1, -0.05) is 44.4 Å². The van der Waals surface area contributed by atoms with Gasteiger partial charge < -0.3 is 5.32 Å². The highest BCUT2D eigenvalue weighted by Gasteiger charge is 2.24. The number of hydrogen-bond acceptors (Lipinski definition) is 3. The number of amidine groups is 1. The van der Waals surface area contributed by atoms with Crippen molar-refractivity contribution in [2.75, 3.05) is 6.54 Å². The second-order valence-electron chi connectivity index (χ2n) is 5.51. The first-order valence-electron chi connectivity index (χ1n) is 7.27. The van der Waals surface area contributed by atoms with Gasteiger partial charge in [0, 0.05) is 11.3 Å². The molecule has 98 valence electrons. The molecule has 0 spiro atoms. The smallest absolute Gasteiger partial charge is 0.157 e. The first kappa shape index (κ1) is 13.3. The highest BCUT2D eigenvalue weighted by atomic mass is 32.2. The molecule has 0 aromatic rings. The molecule has 0 bridgehead atoms. The molecule has 1 N–H and O–H groups in total. The zero-order valence-corrected chi connectivity index (χ0v) is 12.1. The Balaban J connectivity index is 1.73. The van der Waals surface area contributed by atoms with E-state index in [1.807, 2.05) is 11.8 Å². The second kappa shape index (κ2) is 6.67. The summed E-state index contributed by atoms with van der Waals surface area (Å²) in [5.41, 5.74) is 0. The van der Waals surface area contributed by atoms with Crippen LogP contribution in [0.3, 0.4) is 0 Å². The van der Waals surface area contributed by atoms with Crippen LogP contribution >= 0.6 is 11.8 Å². The lowest BCUT2D eigenvalue weighted by Crippen LogP contribution is -2.37. The summed E-state index contributed by atoms with van der Waals surface area (Å²) < 4.78 is 0. The third-order valence-electron chi connectivity index (χ3n) is 4.04. The Morgan fingerprint density at radius 1 is 1.35 bits per heavy atom. The van der Waals surface area contributed by atoms with Crippen LogP contribution in [-0.4, -0.2) is 23.0 Å². The Kier molecular flexibility index (Phi) is 5.20. The summed E-state index contributed by atoms with van der Waals surface area (Å²) in [6.45, 7) is 5.63. The van der Waals surface area contributed by atoms with Crippen molar-refractivity contribution < 1.29 is 0 Å². The summed E-state index contributed by atoms with van der Waals surface area (Å²) in [5, 5.41) is 5.60. The number of rotatable bonds is 4. The van der Waals surface area contributed by atoms with E-state index < -0.39 is 0 Å². The molecule has 1 saturated carbocycles. The molecule has 1 aliphatic carbocycles. The van der Waals surface area contributed by atoms with Crippen LogP contribution in [0.15, 0.2) is 4.99 Å². The van der Waals surface area contributed by atoms with E-state index in [-0.39, 0.29) is 0 Å². The van der Waals surface area contributed by atoms with Crippen molar-refractivity contribution in [2.24, 2.45) is 10.9 Å². The lowest BCUT2D eigenvalue weighted by Gasteiger charge is -2.28. The summed E-state index contributed by atoms with van der Waals surface area (Å²) in [6, 6.07) is 0.613. The third kappa shape index (κ3) is 3.90. The van der Waals surface area contributed by atoms with E-state index in [4.69, 9.17) is 0 Å². The monoisotopic (exact) mass is 254 g/mol. The van der Waals surface area contributed by atoms with E-state index in [0.717, 1.165) is 17.7 Å². The first-order chi connectivity index (χ1) is 8.29. The standard InChI is InChI=1S/C14H26N2S/c1-3-7-13-10-15-14(17-13)16-11(2)12-8-5-4-6-9-12/h11-13H,3-10H2,1-2H3,(H,15,16). The fourth-order valence-corrected chi connectivity index (χ4v) is 4.14. The number of nitrogens with one attached hydrogen (secondary N) is 1. The highest BCUT2D eigenvalue weighted by Crippen LogP contribution is 2.28. The molecule has 2 aliphatic rings. The lowest BCUT2D eigenvalue weighted by atomic mass is 9.85. The van der Waals surface area contributed by atoms with Gasteiger partial charge in [-0.05, 0) is 32.1 Å². The summed E-state index contributed by atoms with van der Waals surface area (Å²) in [7, 11) is 0. The molecule has 2 nitrogen and oxygen atoms in total. The summed E-state index contributed by atoms with van der Waals surface area (Å²) in [5.74, 6) is 0.872. The minimum Gasteiger partial charge on any atom is -0.362 e. The normalized spacial score (nSPS) is 27.9. The summed E-state index contributed by atoms with van der Waals surface area (Å²) in [6.07, 6.45) is 9.69. The van der Waals surface area contributed by atoms with Gasteiger partial charge in [-0.3, -0.25) is 4.99 Å². The predicted molar refractivity (Wildman–Crippen MR) is 77.8 cm³/mol. The van der Waals surface area contributed by atoms with Crippen molar-refractivity contribution in [2.45, 2.75) is 70.1 Å². The van der Waals surface area contributed by atoms with Crippen LogP contribution in [0.4, 0.5) is 0 Å². The van der Waals surface area contributed by atoms with E-state index in [1.54, 1.807) is 0 Å². The molecule has 17 heavy (non-hydrogen) atoms. The van der Waals surface area contributed by atoms with Gasteiger partial charge in [0.25, 0.3) is 0 Å². The summed E-state index contributed by atoms with van der Waals surface area (Å²) in [4.78, 5) is 4.64. The molecule has 1 aliphatic heterocycles. The van der Waals surface area contributed by atoms with Crippen molar-refractivity contribution in [3.05, 3.63) is 0 Å². The molecular weight excluding hydrogens is 228 g/mol. The van der Waals surface area contributed by atoms with Gasteiger partial charge in [-0.15, -0.1) is 0 Å². The van der Waals surface area contributed by atoms with Gasteiger partial charge in [0.1, 0.15) is 0 Å². The maximum absolute atomic E-state index is 4.64. The van der Waals surface area contributed by atoms with Crippen LogP contribution < -0.4 is 5.32 Å². The number of aliphatic imine (C=N–C) groups is 1. The minimum atomic E-state index is 0.613. The van der Waals surface area contributed by atoms with Crippen LogP contribution in [0.25, 0.3) is 0 Å². The van der Waals surface area contributed by atoms with Gasteiger partial charge in [0.2, 0.25) is 0 Å². The molecule has 0 aromatic heterocycles. The average molecular weight is 254 g/mol. The van der Waals surface area contributed by atoms with Crippen LogP contribution in [-0.2, 0) is 0 Å². The van der Waals surface area contributed by atoms with Gasteiger partial charge in [-0.2, -0.15) is 0 Å². The molecular formula is C14H26N2S. The van der Waals surface area contributed by atoms with Crippen molar-refractivity contribution in [1.29, 1.82) is 0 Å². The molecule has 2 rings (SSSR count). The maximum Gasteiger partial charge on any atom is 0.157 e. The first-order valence-corrected chi connectivity index (χ1v) is 8.15. The fraction of sp³-hybridized carbons (Fsp3) is 0.929. The van der Waals surface area contributed by atoms with E-state index in [9.17, 15) is 0 Å². The highest BCUT2D eigenvalue weighted by molar-refractivity contribution is 8.14. The molecule has 0 saturated heterocycles. The van der Waals surface area contributed by atoms with Crippen molar-refractivity contribution in [3.63, 3.8) is 0 Å². The third-order valence-corrected chi connectivity index (χ3v) is 5.22. The SMILES string of the molecule is CCCC1CN=C(NC(C)C2CCCCC2)S1. The van der Waals surface area contributed by atoms with E-state index in [0.29, 0.717) is 6.04 Å². The maximum atomic E-state index is 4.64. The molecule has 0 aromatic carbocycles. The Bertz CT molecular complexity index is 259. The van der Waals surface area contributed by atoms with Crippen molar-refractivity contribution >= 4 is 16.9 Å². The zero-order valence-electron chi connectivity index (χ0n) is 11.2. The second-order valence-corrected chi connectivity index (χ2v) is 6.79. The van der Waals surface area contributed by atoms with E-state index in [1.165, 1.54) is 50.1 Å². The van der Waals surface area contributed by atoms with E-state index in [2.05, 4.69) is 24.2 Å². The quantitative estimate of drug-likeness (QED) is 0.825.